The van der Waals surface area contributed by atoms with Crippen LogP contribution in [-0.2, 0) is 6.54 Å². The normalized spacial score (nSPS) is 10.7. The van der Waals surface area contributed by atoms with E-state index in [1.54, 1.807) is 12.3 Å². The molecule has 17 heavy (non-hydrogen) atoms. The van der Waals surface area contributed by atoms with Crippen molar-refractivity contribution in [3.05, 3.63) is 59.9 Å². The molecule has 3 heteroatoms. The second-order valence-electron chi connectivity index (χ2n) is 4.16. The van der Waals surface area contributed by atoms with Crippen molar-refractivity contribution < 1.29 is 4.79 Å². The van der Waals surface area contributed by atoms with Crippen LogP contribution in [-0.4, -0.2) is 29.3 Å². The van der Waals surface area contributed by atoms with Gasteiger partial charge in [-0.1, -0.05) is 30.3 Å². The van der Waals surface area contributed by atoms with Gasteiger partial charge in [-0.05, 0) is 24.7 Å². The maximum absolute atomic E-state index is 11.8. The standard InChI is InChI=1S/C14H16N2O/c1-16(10-12-6-3-2-4-7-12)11-14(17)13-8-5-9-15-13/h2-9,15H,10-11H2,1H3. The Kier molecular flexibility index (Phi) is 3.73. The highest BCUT2D eigenvalue weighted by atomic mass is 16.1. The molecule has 1 aromatic heterocycles. The van der Waals surface area contributed by atoms with Gasteiger partial charge in [-0.3, -0.25) is 9.69 Å². The van der Waals surface area contributed by atoms with Crippen molar-refractivity contribution in [1.82, 2.24) is 9.88 Å². The predicted octanol–water partition coefficient (Wildman–Crippen LogP) is 2.33. The Hall–Kier alpha value is -1.87. The van der Waals surface area contributed by atoms with Gasteiger partial charge in [0.2, 0.25) is 0 Å². The van der Waals surface area contributed by atoms with Gasteiger partial charge in [0.1, 0.15) is 0 Å². The molecule has 1 aromatic carbocycles. The molecule has 0 unspecified atom stereocenters. The Labute approximate surface area is 101 Å². The van der Waals surface area contributed by atoms with E-state index in [4.69, 9.17) is 0 Å². The van der Waals surface area contributed by atoms with E-state index in [-0.39, 0.29) is 5.78 Å². The summed E-state index contributed by atoms with van der Waals surface area (Å²) in [6.45, 7) is 1.21. The van der Waals surface area contributed by atoms with Crippen LogP contribution in [0.15, 0.2) is 48.7 Å². The Morgan fingerprint density at radius 3 is 2.59 bits per heavy atom. The zero-order chi connectivity index (χ0) is 12.1. The summed E-state index contributed by atoms with van der Waals surface area (Å²) in [5, 5.41) is 0. The number of H-pyrrole nitrogens is 1. The molecule has 0 amide bonds. The summed E-state index contributed by atoms with van der Waals surface area (Å²) in [6, 6.07) is 13.8. The van der Waals surface area contributed by atoms with Gasteiger partial charge in [0.05, 0.1) is 12.2 Å². The van der Waals surface area contributed by atoms with E-state index in [0.29, 0.717) is 12.2 Å². The third-order valence-electron chi connectivity index (χ3n) is 2.61. The second-order valence-corrected chi connectivity index (χ2v) is 4.16. The number of aromatic nitrogens is 1. The number of ketones is 1. The minimum Gasteiger partial charge on any atom is -0.359 e. The summed E-state index contributed by atoms with van der Waals surface area (Å²) in [5.41, 5.74) is 1.89. The molecule has 0 radical (unpaired) electrons. The zero-order valence-electron chi connectivity index (χ0n) is 9.89. The fraction of sp³-hybridized carbons (Fsp3) is 0.214. The first-order valence-corrected chi connectivity index (χ1v) is 5.65. The van der Waals surface area contributed by atoms with Crippen LogP contribution < -0.4 is 0 Å². The van der Waals surface area contributed by atoms with E-state index in [9.17, 15) is 4.79 Å². The third kappa shape index (κ3) is 3.29. The average Bonchev–Trinajstić information content (AvgIpc) is 2.83. The average molecular weight is 228 g/mol. The molecular formula is C14H16N2O. The van der Waals surface area contributed by atoms with Gasteiger partial charge in [0, 0.05) is 12.7 Å². The second kappa shape index (κ2) is 5.46. The summed E-state index contributed by atoms with van der Waals surface area (Å²) < 4.78 is 0. The zero-order valence-corrected chi connectivity index (χ0v) is 9.89. The quantitative estimate of drug-likeness (QED) is 0.797. The molecule has 0 atom stereocenters. The van der Waals surface area contributed by atoms with Crippen LogP contribution in [0.1, 0.15) is 16.1 Å². The number of Topliss-reactive ketones (excluding diaryl/α,β-unsaturated/α-hetero) is 1. The topological polar surface area (TPSA) is 36.1 Å². The minimum absolute atomic E-state index is 0.119. The van der Waals surface area contributed by atoms with Crippen LogP contribution in [0.4, 0.5) is 0 Å². The smallest absolute Gasteiger partial charge is 0.192 e. The molecule has 2 aromatic rings. The Morgan fingerprint density at radius 2 is 1.94 bits per heavy atom. The summed E-state index contributed by atoms with van der Waals surface area (Å²) in [4.78, 5) is 16.8. The Morgan fingerprint density at radius 1 is 1.18 bits per heavy atom. The number of likely N-dealkylation sites (N-methyl/N-ethyl adjacent to an activating group) is 1. The van der Waals surface area contributed by atoms with E-state index in [2.05, 4.69) is 17.1 Å². The van der Waals surface area contributed by atoms with Crippen molar-refractivity contribution in [2.24, 2.45) is 0 Å². The summed E-state index contributed by atoms with van der Waals surface area (Å²) in [7, 11) is 1.95. The first-order valence-electron chi connectivity index (χ1n) is 5.65. The monoisotopic (exact) mass is 228 g/mol. The number of hydrogen-bond donors (Lipinski definition) is 1. The van der Waals surface area contributed by atoms with Gasteiger partial charge < -0.3 is 4.98 Å². The molecule has 3 nitrogen and oxygen atoms in total. The maximum atomic E-state index is 11.8. The number of hydrogen-bond acceptors (Lipinski definition) is 2. The van der Waals surface area contributed by atoms with Crippen LogP contribution >= 0.6 is 0 Å². The van der Waals surface area contributed by atoms with E-state index in [0.717, 1.165) is 6.54 Å². The number of aromatic amines is 1. The Bertz CT molecular complexity index is 462. The minimum atomic E-state index is 0.119. The largest absolute Gasteiger partial charge is 0.359 e. The Balaban J connectivity index is 1.90. The fourth-order valence-electron chi connectivity index (χ4n) is 1.79. The third-order valence-corrected chi connectivity index (χ3v) is 2.61. The van der Waals surface area contributed by atoms with Gasteiger partial charge >= 0.3 is 0 Å². The van der Waals surface area contributed by atoms with Crippen molar-refractivity contribution in [3.8, 4) is 0 Å². The van der Waals surface area contributed by atoms with E-state index in [1.165, 1.54) is 5.56 Å². The molecule has 0 spiro atoms. The fourth-order valence-corrected chi connectivity index (χ4v) is 1.79. The lowest BCUT2D eigenvalue weighted by Gasteiger charge is -2.15. The van der Waals surface area contributed by atoms with Crippen LogP contribution in [0.2, 0.25) is 0 Å². The van der Waals surface area contributed by atoms with Gasteiger partial charge in [0.25, 0.3) is 0 Å². The molecule has 88 valence electrons. The van der Waals surface area contributed by atoms with Gasteiger partial charge in [-0.2, -0.15) is 0 Å². The molecule has 0 fully saturated rings. The molecular weight excluding hydrogens is 212 g/mol. The number of carbonyl (C=O) groups is 1. The summed E-state index contributed by atoms with van der Waals surface area (Å²) in [5.74, 6) is 0.119. The highest BCUT2D eigenvalue weighted by Gasteiger charge is 2.09. The summed E-state index contributed by atoms with van der Waals surface area (Å²) >= 11 is 0. The first-order chi connectivity index (χ1) is 8.25. The van der Waals surface area contributed by atoms with Crippen LogP contribution in [0.3, 0.4) is 0 Å². The van der Waals surface area contributed by atoms with Crippen LogP contribution in [0, 0.1) is 0 Å². The van der Waals surface area contributed by atoms with E-state index < -0.39 is 0 Å². The lowest BCUT2D eigenvalue weighted by molar-refractivity contribution is 0.0938. The van der Waals surface area contributed by atoms with E-state index >= 15 is 0 Å². The van der Waals surface area contributed by atoms with Gasteiger partial charge in [-0.15, -0.1) is 0 Å². The van der Waals surface area contributed by atoms with Crippen molar-refractivity contribution in [1.29, 1.82) is 0 Å². The van der Waals surface area contributed by atoms with Gasteiger partial charge in [-0.25, -0.2) is 0 Å². The van der Waals surface area contributed by atoms with Crippen molar-refractivity contribution in [2.75, 3.05) is 13.6 Å². The SMILES string of the molecule is CN(CC(=O)c1ccc[nH]1)Cc1ccccc1. The van der Waals surface area contributed by atoms with Crippen molar-refractivity contribution in [3.63, 3.8) is 0 Å². The molecule has 0 aliphatic heterocycles. The van der Waals surface area contributed by atoms with E-state index in [1.807, 2.05) is 36.2 Å². The summed E-state index contributed by atoms with van der Waals surface area (Å²) in [6.07, 6.45) is 1.77. The molecule has 1 heterocycles. The van der Waals surface area contributed by atoms with Gasteiger partial charge in [0.15, 0.2) is 5.78 Å². The van der Waals surface area contributed by atoms with Crippen molar-refractivity contribution >= 4 is 5.78 Å². The molecule has 0 aliphatic carbocycles. The molecule has 2 rings (SSSR count). The number of nitrogens with one attached hydrogen (secondary N) is 1. The highest BCUT2D eigenvalue weighted by Crippen LogP contribution is 2.04. The number of nitrogens with zero attached hydrogens (tertiary/aromatic N) is 1. The maximum Gasteiger partial charge on any atom is 0.192 e. The number of carbonyl (C=O) groups excluding carboxylic acids is 1. The molecule has 0 aliphatic rings. The molecule has 1 N–H and O–H groups in total. The molecule has 0 saturated carbocycles. The molecule has 0 saturated heterocycles. The van der Waals surface area contributed by atoms with Crippen LogP contribution in [0.5, 0.6) is 0 Å². The number of rotatable bonds is 5. The lowest BCUT2D eigenvalue weighted by atomic mass is 10.2. The first kappa shape index (κ1) is 11.6. The predicted molar refractivity (Wildman–Crippen MR) is 67.9 cm³/mol. The van der Waals surface area contributed by atoms with Crippen LogP contribution in [0.25, 0.3) is 0 Å². The van der Waals surface area contributed by atoms with Crippen molar-refractivity contribution in [2.45, 2.75) is 6.54 Å². The highest BCUT2D eigenvalue weighted by molar-refractivity contribution is 5.95. The molecule has 0 bridgehead atoms. The lowest BCUT2D eigenvalue weighted by Crippen LogP contribution is -2.25. The number of benzene rings is 1.